The van der Waals surface area contributed by atoms with Gasteiger partial charge in [0.25, 0.3) is 0 Å². The molecule has 1 atom stereocenters. The zero-order valence-corrected chi connectivity index (χ0v) is 11.1. The molecule has 1 fully saturated rings. The van der Waals surface area contributed by atoms with E-state index in [-0.39, 0.29) is 6.10 Å². The Balaban J connectivity index is 1.80. The molecule has 0 aromatic heterocycles. The highest BCUT2D eigenvalue weighted by Gasteiger charge is 2.29. The van der Waals surface area contributed by atoms with Crippen molar-refractivity contribution in [2.75, 3.05) is 6.54 Å². The molecule has 3 heteroatoms. The molecule has 16 heavy (non-hydrogen) atoms. The molecule has 0 spiro atoms. The van der Waals surface area contributed by atoms with Crippen molar-refractivity contribution < 1.29 is 5.11 Å². The summed E-state index contributed by atoms with van der Waals surface area (Å²) in [4.78, 5) is 0. The van der Waals surface area contributed by atoms with E-state index in [2.05, 4.69) is 45.5 Å². The van der Waals surface area contributed by atoms with Gasteiger partial charge in [0.2, 0.25) is 0 Å². The molecule has 1 aromatic carbocycles. The molecule has 2 nitrogen and oxygen atoms in total. The summed E-state index contributed by atoms with van der Waals surface area (Å²) in [6, 6.07) is 9.13. The Morgan fingerprint density at radius 1 is 1.50 bits per heavy atom. The number of aliphatic hydroxyl groups excluding tert-OH is 1. The standard InChI is InChI=1S/C13H18BrNO/c1-9(16)8-15-13-6-11(7-13)10-3-2-4-12(14)5-10/h2-5,9,11,13,15-16H,6-8H2,1H3. The third kappa shape index (κ3) is 3.06. The minimum atomic E-state index is -0.245. The second kappa shape index (κ2) is 5.30. The summed E-state index contributed by atoms with van der Waals surface area (Å²) >= 11 is 3.50. The van der Waals surface area contributed by atoms with Gasteiger partial charge in [-0.3, -0.25) is 0 Å². The van der Waals surface area contributed by atoms with Crippen molar-refractivity contribution >= 4 is 15.9 Å². The van der Waals surface area contributed by atoms with Gasteiger partial charge >= 0.3 is 0 Å². The monoisotopic (exact) mass is 283 g/mol. The van der Waals surface area contributed by atoms with Gasteiger partial charge in [0.05, 0.1) is 6.10 Å². The van der Waals surface area contributed by atoms with Crippen LogP contribution in [-0.2, 0) is 0 Å². The molecule has 0 aliphatic heterocycles. The normalized spacial score (nSPS) is 26.2. The summed E-state index contributed by atoms with van der Waals surface area (Å²) in [6.45, 7) is 2.52. The van der Waals surface area contributed by atoms with Gasteiger partial charge in [-0.1, -0.05) is 28.1 Å². The first kappa shape index (κ1) is 12.1. The Bertz CT molecular complexity index is 348. The average Bonchev–Trinajstić information content (AvgIpc) is 2.14. The van der Waals surface area contributed by atoms with E-state index in [0.29, 0.717) is 18.5 Å². The van der Waals surface area contributed by atoms with Gasteiger partial charge in [-0.2, -0.15) is 0 Å². The highest BCUT2D eigenvalue weighted by Crippen LogP contribution is 2.37. The van der Waals surface area contributed by atoms with Gasteiger partial charge in [-0.25, -0.2) is 0 Å². The van der Waals surface area contributed by atoms with Gasteiger partial charge in [0.1, 0.15) is 0 Å². The lowest BCUT2D eigenvalue weighted by atomic mass is 9.76. The Labute approximate surface area is 105 Å². The molecule has 0 radical (unpaired) electrons. The maximum Gasteiger partial charge on any atom is 0.0636 e. The first-order chi connectivity index (χ1) is 7.65. The molecule has 2 N–H and O–H groups in total. The Morgan fingerprint density at radius 3 is 2.88 bits per heavy atom. The van der Waals surface area contributed by atoms with Crippen LogP contribution in [-0.4, -0.2) is 23.8 Å². The summed E-state index contributed by atoms with van der Waals surface area (Å²) in [5.41, 5.74) is 1.42. The van der Waals surface area contributed by atoms with Crippen LogP contribution in [0.25, 0.3) is 0 Å². The van der Waals surface area contributed by atoms with E-state index < -0.39 is 0 Å². The van der Waals surface area contributed by atoms with Crippen LogP contribution < -0.4 is 5.32 Å². The van der Waals surface area contributed by atoms with Crippen molar-refractivity contribution in [2.45, 2.75) is 37.8 Å². The second-order valence-corrected chi connectivity index (χ2v) is 5.59. The van der Waals surface area contributed by atoms with E-state index in [0.717, 1.165) is 4.47 Å². The second-order valence-electron chi connectivity index (χ2n) is 4.68. The molecule has 1 aromatic rings. The summed E-state index contributed by atoms with van der Waals surface area (Å²) in [5, 5.41) is 12.5. The van der Waals surface area contributed by atoms with E-state index in [1.165, 1.54) is 18.4 Å². The van der Waals surface area contributed by atoms with Crippen molar-refractivity contribution in [3.05, 3.63) is 34.3 Å². The highest BCUT2D eigenvalue weighted by molar-refractivity contribution is 9.10. The fourth-order valence-corrected chi connectivity index (χ4v) is 2.57. The lowest BCUT2D eigenvalue weighted by Gasteiger charge is -2.36. The summed E-state index contributed by atoms with van der Waals surface area (Å²) < 4.78 is 1.16. The van der Waals surface area contributed by atoms with Crippen molar-refractivity contribution in [3.8, 4) is 0 Å². The van der Waals surface area contributed by atoms with Crippen LogP contribution in [0.1, 0.15) is 31.2 Å². The smallest absolute Gasteiger partial charge is 0.0636 e. The molecule has 0 amide bonds. The van der Waals surface area contributed by atoms with Crippen LogP contribution in [0.3, 0.4) is 0 Å². The molecule has 2 rings (SSSR count). The number of benzene rings is 1. The van der Waals surface area contributed by atoms with Gasteiger partial charge in [0, 0.05) is 17.1 Å². The first-order valence-corrected chi connectivity index (χ1v) is 6.61. The average molecular weight is 284 g/mol. The van der Waals surface area contributed by atoms with E-state index in [4.69, 9.17) is 0 Å². The quantitative estimate of drug-likeness (QED) is 0.891. The topological polar surface area (TPSA) is 32.3 Å². The van der Waals surface area contributed by atoms with Gasteiger partial charge in [0.15, 0.2) is 0 Å². The fourth-order valence-electron chi connectivity index (χ4n) is 2.15. The molecule has 1 aliphatic rings. The third-order valence-corrected chi connectivity index (χ3v) is 3.65. The zero-order chi connectivity index (χ0) is 11.5. The largest absolute Gasteiger partial charge is 0.392 e. The lowest BCUT2D eigenvalue weighted by Crippen LogP contribution is -2.42. The number of nitrogens with one attached hydrogen (secondary N) is 1. The molecule has 0 heterocycles. The number of halogens is 1. The van der Waals surface area contributed by atoms with E-state index in [1.807, 2.05) is 6.92 Å². The molecule has 0 saturated heterocycles. The van der Waals surface area contributed by atoms with Gasteiger partial charge < -0.3 is 10.4 Å². The lowest BCUT2D eigenvalue weighted by molar-refractivity contribution is 0.171. The highest BCUT2D eigenvalue weighted by atomic mass is 79.9. The van der Waals surface area contributed by atoms with Crippen LogP contribution >= 0.6 is 15.9 Å². The zero-order valence-electron chi connectivity index (χ0n) is 9.49. The van der Waals surface area contributed by atoms with Gasteiger partial charge in [-0.05, 0) is 43.4 Å². The van der Waals surface area contributed by atoms with Crippen LogP contribution in [0.5, 0.6) is 0 Å². The fraction of sp³-hybridized carbons (Fsp3) is 0.538. The molecule has 1 aliphatic carbocycles. The van der Waals surface area contributed by atoms with E-state index in [1.54, 1.807) is 0 Å². The summed E-state index contributed by atoms with van der Waals surface area (Å²) in [6.07, 6.45) is 2.12. The van der Waals surface area contributed by atoms with Crippen molar-refractivity contribution in [1.29, 1.82) is 0 Å². The Morgan fingerprint density at radius 2 is 2.25 bits per heavy atom. The Kier molecular flexibility index (Phi) is 4.00. The van der Waals surface area contributed by atoms with E-state index in [9.17, 15) is 5.11 Å². The molecule has 1 unspecified atom stereocenters. The number of hydrogen-bond donors (Lipinski definition) is 2. The van der Waals surface area contributed by atoms with Crippen LogP contribution in [0.15, 0.2) is 28.7 Å². The van der Waals surface area contributed by atoms with Crippen LogP contribution in [0.2, 0.25) is 0 Å². The third-order valence-electron chi connectivity index (χ3n) is 3.16. The summed E-state index contributed by atoms with van der Waals surface area (Å²) in [7, 11) is 0. The van der Waals surface area contributed by atoms with Crippen LogP contribution in [0.4, 0.5) is 0 Å². The molecule has 88 valence electrons. The predicted octanol–water partition coefficient (Wildman–Crippen LogP) is 2.67. The molecule has 0 bridgehead atoms. The van der Waals surface area contributed by atoms with Crippen LogP contribution in [0, 0.1) is 0 Å². The molecular formula is C13H18BrNO. The first-order valence-electron chi connectivity index (χ1n) is 5.82. The number of hydrogen-bond acceptors (Lipinski definition) is 2. The minimum Gasteiger partial charge on any atom is -0.392 e. The maximum absolute atomic E-state index is 9.17. The Hall–Kier alpha value is -0.380. The maximum atomic E-state index is 9.17. The van der Waals surface area contributed by atoms with Crippen molar-refractivity contribution in [1.82, 2.24) is 5.32 Å². The molecular weight excluding hydrogens is 266 g/mol. The number of aliphatic hydroxyl groups is 1. The van der Waals surface area contributed by atoms with Crippen molar-refractivity contribution in [2.24, 2.45) is 0 Å². The van der Waals surface area contributed by atoms with Gasteiger partial charge in [-0.15, -0.1) is 0 Å². The SMILES string of the molecule is CC(O)CNC1CC(c2cccc(Br)c2)C1. The molecule has 1 saturated carbocycles. The summed E-state index contributed by atoms with van der Waals surface area (Å²) in [5.74, 6) is 0.684. The minimum absolute atomic E-state index is 0.245. The van der Waals surface area contributed by atoms with Crippen molar-refractivity contribution in [3.63, 3.8) is 0 Å². The predicted molar refractivity (Wildman–Crippen MR) is 69.6 cm³/mol. The van der Waals surface area contributed by atoms with E-state index >= 15 is 0 Å². The number of rotatable bonds is 4.